The SMILES string of the molecule is COc1ccc(CC(=O)Nc2cc(-c3cccs3)[nH]n2)cc1OC. The van der Waals surface area contributed by atoms with Gasteiger partial charge in [0.25, 0.3) is 0 Å². The Balaban J connectivity index is 1.65. The molecule has 24 heavy (non-hydrogen) atoms. The van der Waals surface area contributed by atoms with E-state index in [9.17, 15) is 4.79 Å². The van der Waals surface area contributed by atoms with Gasteiger partial charge >= 0.3 is 0 Å². The second-order valence-electron chi connectivity index (χ2n) is 5.06. The first-order valence-corrected chi connectivity index (χ1v) is 8.17. The molecule has 0 bridgehead atoms. The second kappa shape index (κ2) is 7.18. The number of H-pyrrole nitrogens is 1. The molecule has 0 fully saturated rings. The first kappa shape index (κ1) is 16.1. The molecule has 2 aromatic heterocycles. The highest BCUT2D eigenvalue weighted by Crippen LogP contribution is 2.28. The van der Waals surface area contributed by atoms with Crippen LogP contribution in [0.1, 0.15) is 5.56 Å². The van der Waals surface area contributed by atoms with Crippen molar-refractivity contribution in [3.63, 3.8) is 0 Å². The number of nitrogens with one attached hydrogen (secondary N) is 2. The Morgan fingerprint density at radius 3 is 2.75 bits per heavy atom. The summed E-state index contributed by atoms with van der Waals surface area (Å²) in [5.41, 5.74) is 1.71. The van der Waals surface area contributed by atoms with Crippen LogP contribution in [0.2, 0.25) is 0 Å². The number of carbonyl (C=O) groups excluding carboxylic acids is 1. The van der Waals surface area contributed by atoms with Gasteiger partial charge in [-0.15, -0.1) is 11.3 Å². The van der Waals surface area contributed by atoms with Gasteiger partial charge in [0.05, 0.1) is 31.2 Å². The van der Waals surface area contributed by atoms with Crippen LogP contribution in [0.4, 0.5) is 5.82 Å². The Bertz CT molecular complexity index is 827. The summed E-state index contributed by atoms with van der Waals surface area (Å²) in [4.78, 5) is 13.3. The standard InChI is InChI=1S/C17H17N3O3S/c1-22-13-6-5-11(8-14(13)23-2)9-17(21)18-16-10-12(19-20-16)15-4-3-7-24-15/h3-8,10H,9H2,1-2H3,(H2,18,19,20,21). The van der Waals surface area contributed by atoms with E-state index in [0.29, 0.717) is 17.3 Å². The van der Waals surface area contributed by atoms with Crippen LogP contribution >= 0.6 is 11.3 Å². The Kier molecular flexibility index (Phi) is 4.81. The van der Waals surface area contributed by atoms with Gasteiger partial charge < -0.3 is 14.8 Å². The van der Waals surface area contributed by atoms with E-state index in [0.717, 1.165) is 16.1 Å². The predicted molar refractivity (Wildman–Crippen MR) is 93.8 cm³/mol. The second-order valence-corrected chi connectivity index (χ2v) is 6.01. The van der Waals surface area contributed by atoms with E-state index >= 15 is 0 Å². The van der Waals surface area contributed by atoms with Crippen molar-refractivity contribution in [2.75, 3.05) is 19.5 Å². The maximum absolute atomic E-state index is 12.2. The summed E-state index contributed by atoms with van der Waals surface area (Å²) in [7, 11) is 3.14. The molecule has 1 aromatic carbocycles. The summed E-state index contributed by atoms with van der Waals surface area (Å²) in [5.74, 6) is 1.59. The zero-order chi connectivity index (χ0) is 16.9. The molecule has 1 amide bonds. The number of rotatable bonds is 6. The summed E-state index contributed by atoms with van der Waals surface area (Å²) in [5, 5.41) is 11.8. The van der Waals surface area contributed by atoms with Crippen LogP contribution in [0.3, 0.4) is 0 Å². The molecule has 0 unspecified atom stereocenters. The molecular weight excluding hydrogens is 326 g/mol. The van der Waals surface area contributed by atoms with Gasteiger partial charge in [0.15, 0.2) is 17.3 Å². The summed E-state index contributed by atoms with van der Waals surface area (Å²) >= 11 is 1.61. The van der Waals surface area contributed by atoms with Gasteiger partial charge in [0.2, 0.25) is 5.91 Å². The van der Waals surface area contributed by atoms with Crippen LogP contribution in [0.5, 0.6) is 11.5 Å². The van der Waals surface area contributed by atoms with Crippen LogP contribution in [-0.2, 0) is 11.2 Å². The number of anilines is 1. The molecule has 0 aliphatic rings. The molecule has 0 atom stereocenters. The largest absolute Gasteiger partial charge is 0.493 e. The number of aromatic nitrogens is 2. The molecule has 0 saturated heterocycles. The van der Waals surface area contributed by atoms with Crippen molar-refractivity contribution in [1.29, 1.82) is 0 Å². The van der Waals surface area contributed by atoms with Crippen LogP contribution < -0.4 is 14.8 Å². The number of carbonyl (C=O) groups is 1. The molecule has 6 nitrogen and oxygen atoms in total. The van der Waals surface area contributed by atoms with Gasteiger partial charge in [0.1, 0.15) is 0 Å². The van der Waals surface area contributed by atoms with E-state index in [2.05, 4.69) is 15.5 Å². The van der Waals surface area contributed by atoms with E-state index < -0.39 is 0 Å². The number of ether oxygens (including phenoxy) is 2. The smallest absolute Gasteiger partial charge is 0.229 e. The molecule has 0 aliphatic heterocycles. The molecule has 0 radical (unpaired) electrons. The Morgan fingerprint density at radius 1 is 1.21 bits per heavy atom. The van der Waals surface area contributed by atoms with Crippen LogP contribution in [0.25, 0.3) is 10.6 Å². The van der Waals surface area contributed by atoms with Gasteiger partial charge in [0, 0.05) is 6.07 Å². The first-order valence-electron chi connectivity index (χ1n) is 7.29. The van der Waals surface area contributed by atoms with Crippen molar-refractivity contribution in [2.45, 2.75) is 6.42 Å². The van der Waals surface area contributed by atoms with Gasteiger partial charge in [-0.2, -0.15) is 5.10 Å². The summed E-state index contributed by atoms with van der Waals surface area (Å²) in [6.07, 6.45) is 0.224. The van der Waals surface area contributed by atoms with Crippen molar-refractivity contribution in [3.8, 4) is 22.1 Å². The molecule has 124 valence electrons. The Morgan fingerprint density at radius 2 is 2.04 bits per heavy atom. The molecular formula is C17H17N3O3S. The fourth-order valence-corrected chi connectivity index (χ4v) is 3.00. The number of benzene rings is 1. The Labute approximate surface area is 143 Å². The van der Waals surface area contributed by atoms with Crippen molar-refractivity contribution < 1.29 is 14.3 Å². The molecule has 2 heterocycles. The maximum atomic E-state index is 12.2. The topological polar surface area (TPSA) is 76.2 Å². The number of nitrogens with zero attached hydrogens (tertiary/aromatic N) is 1. The minimum absolute atomic E-state index is 0.147. The number of hydrogen-bond acceptors (Lipinski definition) is 5. The van der Waals surface area contributed by atoms with Crippen molar-refractivity contribution in [3.05, 3.63) is 47.3 Å². The zero-order valence-electron chi connectivity index (χ0n) is 13.3. The fraction of sp³-hybridized carbons (Fsp3) is 0.176. The quantitative estimate of drug-likeness (QED) is 0.720. The molecule has 0 aliphatic carbocycles. The Hall–Kier alpha value is -2.80. The average Bonchev–Trinajstić information content (AvgIpc) is 3.25. The zero-order valence-corrected chi connectivity index (χ0v) is 14.1. The van der Waals surface area contributed by atoms with Crippen LogP contribution in [-0.4, -0.2) is 30.3 Å². The molecule has 7 heteroatoms. The minimum Gasteiger partial charge on any atom is -0.493 e. The van der Waals surface area contributed by atoms with Gasteiger partial charge in [-0.1, -0.05) is 12.1 Å². The minimum atomic E-state index is -0.147. The van der Waals surface area contributed by atoms with Gasteiger partial charge in [-0.3, -0.25) is 9.89 Å². The fourth-order valence-electron chi connectivity index (χ4n) is 2.31. The van der Waals surface area contributed by atoms with E-state index in [4.69, 9.17) is 9.47 Å². The molecule has 0 spiro atoms. The van der Waals surface area contributed by atoms with Crippen molar-refractivity contribution >= 4 is 23.1 Å². The van der Waals surface area contributed by atoms with E-state index in [-0.39, 0.29) is 12.3 Å². The lowest BCUT2D eigenvalue weighted by atomic mass is 10.1. The summed E-state index contributed by atoms with van der Waals surface area (Å²) < 4.78 is 10.4. The lowest BCUT2D eigenvalue weighted by Crippen LogP contribution is -2.14. The molecule has 3 rings (SSSR count). The van der Waals surface area contributed by atoms with Crippen molar-refractivity contribution in [1.82, 2.24) is 10.2 Å². The summed E-state index contributed by atoms with van der Waals surface area (Å²) in [6.45, 7) is 0. The normalized spacial score (nSPS) is 10.4. The molecule has 2 N–H and O–H groups in total. The van der Waals surface area contributed by atoms with Crippen LogP contribution in [0, 0.1) is 0 Å². The first-order chi connectivity index (χ1) is 11.7. The molecule has 0 saturated carbocycles. The number of methoxy groups -OCH3 is 2. The van der Waals surface area contributed by atoms with E-state index in [1.54, 1.807) is 37.7 Å². The van der Waals surface area contributed by atoms with Crippen molar-refractivity contribution in [2.24, 2.45) is 0 Å². The lowest BCUT2D eigenvalue weighted by Gasteiger charge is -2.09. The maximum Gasteiger partial charge on any atom is 0.229 e. The van der Waals surface area contributed by atoms with Gasteiger partial charge in [-0.25, -0.2) is 0 Å². The highest BCUT2D eigenvalue weighted by Gasteiger charge is 2.11. The predicted octanol–water partition coefficient (Wildman–Crippen LogP) is 3.34. The number of amides is 1. The number of hydrogen-bond donors (Lipinski definition) is 2. The van der Waals surface area contributed by atoms with E-state index in [1.807, 2.05) is 29.6 Å². The third kappa shape index (κ3) is 3.57. The summed E-state index contributed by atoms with van der Waals surface area (Å²) in [6, 6.07) is 11.2. The third-order valence-corrected chi connectivity index (χ3v) is 4.35. The highest BCUT2D eigenvalue weighted by molar-refractivity contribution is 7.13. The average molecular weight is 343 g/mol. The monoisotopic (exact) mass is 343 g/mol. The van der Waals surface area contributed by atoms with Gasteiger partial charge in [-0.05, 0) is 29.1 Å². The lowest BCUT2D eigenvalue weighted by molar-refractivity contribution is -0.115. The molecule has 3 aromatic rings. The highest BCUT2D eigenvalue weighted by atomic mass is 32.1. The third-order valence-electron chi connectivity index (χ3n) is 3.44. The van der Waals surface area contributed by atoms with Crippen LogP contribution in [0.15, 0.2) is 41.8 Å². The number of thiophene rings is 1. The number of aromatic amines is 1. The van der Waals surface area contributed by atoms with E-state index in [1.165, 1.54) is 0 Å².